The van der Waals surface area contributed by atoms with E-state index in [9.17, 15) is 4.79 Å². The lowest BCUT2D eigenvalue weighted by Crippen LogP contribution is -2.29. The number of hydrogen-bond acceptors (Lipinski definition) is 2. The van der Waals surface area contributed by atoms with Gasteiger partial charge < -0.3 is 4.90 Å². The zero-order chi connectivity index (χ0) is 13.9. The monoisotopic (exact) mass is 267 g/mol. The number of hydrogen-bond donors (Lipinski definition) is 0. The van der Waals surface area contributed by atoms with Crippen molar-refractivity contribution in [1.29, 1.82) is 0 Å². The maximum atomic E-state index is 12.1. The summed E-state index contributed by atoms with van der Waals surface area (Å²) in [5.74, 6) is 0.228. The van der Waals surface area contributed by atoms with Crippen LogP contribution < -0.4 is 4.90 Å². The first-order chi connectivity index (χ1) is 9.81. The molecular weight excluding hydrogens is 246 g/mol. The molecule has 0 spiro atoms. The molecule has 104 valence electrons. The molecule has 3 rings (SSSR count). The summed E-state index contributed by atoms with van der Waals surface area (Å²) in [4.78, 5) is 14.6. The second-order valence-electron chi connectivity index (χ2n) is 5.50. The molecule has 0 unspecified atom stereocenters. The van der Waals surface area contributed by atoms with Gasteiger partial charge in [-0.1, -0.05) is 31.2 Å². The van der Waals surface area contributed by atoms with Gasteiger partial charge in [-0.05, 0) is 36.8 Å². The number of benzene rings is 2. The van der Waals surface area contributed by atoms with E-state index >= 15 is 0 Å². The van der Waals surface area contributed by atoms with E-state index in [4.69, 9.17) is 0 Å². The Morgan fingerprint density at radius 3 is 2.40 bits per heavy atom. The van der Waals surface area contributed by atoms with E-state index < -0.39 is 0 Å². The lowest BCUT2D eigenvalue weighted by molar-refractivity contribution is 0.0990. The topological polar surface area (TPSA) is 20.3 Å². The van der Waals surface area contributed by atoms with Crippen LogP contribution in [0.4, 0.5) is 5.69 Å². The number of nitrogens with zero attached hydrogens (tertiary/aromatic N) is 1. The molecule has 0 aliphatic carbocycles. The van der Waals surface area contributed by atoms with Crippen LogP contribution in [0, 0.1) is 0 Å². The number of rotatable bonds is 3. The summed E-state index contributed by atoms with van der Waals surface area (Å²) in [5, 5.41) is 2.32. The molecule has 2 aromatic carbocycles. The van der Waals surface area contributed by atoms with E-state index in [2.05, 4.69) is 29.2 Å². The van der Waals surface area contributed by atoms with Gasteiger partial charge >= 0.3 is 0 Å². The van der Waals surface area contributed by atoms with Crippen LogP contribution in [0.15, 0.2) is 36.4 Å². The molecule has 2 heteroatoms. The molecule has 0 aromatic heterocycles. The largest absolute Gasteiger partial charge is 0.371 e. The van der Waals surface area contributed by atoms with Crippen LogP contribution in [0.2, 0.25) is 0 Å². The van der Waals surface area contributed by atoms with E-state index in [1.54, 1.807) is 0 Å². The van der Waals surface area contributed by atoms with Gasteiger partial charge in [0.15, 0.2) is 5.78 Å². The molecule has 2 nitrogen and oxygen atoms in total. The SMILES string of the molecule is CCC(=O)c1ccc(N2CCCCC2)c2ccccc12. The van der Waals surface area contributed by atoms with Crippen LogP contribution in [0.1, 0.15) is 43.0 Å². The molecule has 0 radical (unpaired) electrons. The molecule has 1 aliphatic rings. The Labute approximate surface area is 120 Å². The molecule has 1 aliphatic heterocycles. The van der Waals surface area contributed by atoms with Gasteiger partial charge in [-0.3, -0.25) is 4.79 Å². The minimum Gasteiger partial charge on any atom is -0.371 e. The standard InChI is InChI=1S/C18H21NO/c1-2-18(20)16-10-11-17(19-12-6-3-7-13-19)15-9-5-4-8-14(15)16/h4-5,8-11H,2-3,6-7,12-13H2,1H3. The van der Waals surface area contributed by atoms with Crippen molar-refractivity contribution in [3.8, 4) is 0 Å². The Balaban J connectivity index is 2.13. The summed E-state index contributed by atoms with van der Waals surface area (Å²) in [6, 6.07) is 12.5. The fourth-order valence-electron chi connectivity index (χ4n) is 3.13. The van der Waals surface area contributed by atoms with Gasteiger partial charge in [0.1, 0.15) is 0 Å². The maximum absolute atomic E-state index is 12.1. The van der Waals surface area contributed by atoms with E-state index in [1.807, 2.05) is 19.1 Å². The van der Waals surface area contributed by atoms with Crippen molar-refractivity contribution in [3.05, 3.63) is 42.0 Å². The Kier molecular flexibility index (Phi) is 3.72. The summed E-state index contributed by atoms with van der Waals surface area (Å²) < 4.78 is 0. The van der Waals surface area contributed by atoms with Gasteiger partial charge in [-0.15, -0.1) is 0 Å². The normalized spacial score (nSPS) is 15.6. The van der Waals surface area contributed by atoms with Crippen molar-refractivity contribution >= 4 is 22.2 Å². The number of ketones is 1. The number of anilines is 1. The summed E-state index contributed by atoms with van der Waals surface area (Å²) in [6.07, 6.45) is 4.43. The molecular formula is C18H21NO. The molecule has 0 amide bonds. The summed E-state index contributed by atoms with van der Waals surface area (Å²) in [7, 11) is 0. The first-order valence-electron chi connectivity index (χ1n) is 7.61. The van der Waals surface area contributed by atoms with Gasteiger partial charge in [0.05, 0.1) is 0 Å². The highest BCUT2D eigenvalue weighted by atomic mass is 16.1. The summed E-state index contributed by atoms with van der Waals surface area (Å²) in [5.41, 5.74) is 2.15. The maximum Gasteiger partial charge on any atom is 0.163 e. The molecule has 1 saturated heterocycles. The fourth-order valence-corrected chi connectivity index (χ4v) is 3.13. The van der Waals surface area contributed by atoms with Crippen LogP contribution in [0.5, 0.6) is 0 Å². The Morgan fingerprint density at radius 1 is 1.00 bits per heavy atom. The van der Waals surface area contributed by atoms with Crippen molar-refractivity contribution < 1.29 is 4.79 Å². The fraction of sp³-hybridized carbons (Fsp3) is 0.389. The van der Waals surface area contributed by atoms with Crippen LogP contribution in [-0.4, -0.2) is 18.9 Å². The number of piperidine rings is 1. The predicted octanol–water partition coefficient (Wildman–Crippen LogP) is 4.42. The molecule has 0 bridgehead atoms. The third kappa shape index (κ3) is 2.31. The third-order valence-electron chi connectivity index (χ3n) is 4.22. The van der Waals surface area contributed by atoms with E-state index in [1.165, 1.54) is 30.3 Å². The van der Waals surface area contributed by atoms with Crippen molar-refractivity contribution in [2.24, 2.45) is 0 Å². The van der Waals surface area contributed by atoms with Crippen molar-refractivity contribution in [3.63, 3.8) is 0 Å². The van der Waals surface area contributed by atoms with Crippen molar-refractivity contribution in [2.75, 3.05) is 18.0 Å². The first kappa shape index (κ1) is 13.2. The Bertz CT molecular complexity index is 626. The van der Waals surface area contributed by atoms with Gasteiger partial charge in [0, 0.05) is 36.1 Å². The number of carbonyl (C=O) groups is 1. The average Bonchev–Trinajstić information content (AvgIpc) is 2.54. The van der Waals surface area contributed by atoms with Crippen LogP contribution >= 0.6 is 0 Å². The highest BCUT2D eigenvalue weighted by Gasteiger charge is 2.16. The lowest BCUT2D eigenvalue weighted by Gasteiger charge is -2.30. The van der Waals surface area contributed by atoms with Crippen LogP contribution in [-0.2, 0) is 0 Å². The molecule has 1 fully saturated rings. The highest BCUT2D eigenvalue weighted by Crippen LogP contribution is 2.31. The number of Topliss-reactive ketones (excluding diaryl/α,β-unsaturated/α-hetero) is 1. The molecule has 0 N–H and O–H groups in total. The molecule has 0 saturated carbocycles. The smallest absolute Gasteiger partial charge is 0.163 e. The van der Waals surface area contributed by atoms with Gasteiger partial charge in [0.2, 0.25) is 0 Å². The second kappa shape index (κ2) is 5.66. The van der Waals surface area contributed by atoms with E-state index in [-0.39, 0.29) is 5.78 Å². The zero-order valence-corrected chi connectivity index (χ0v) is 12.1. The quantitative estimate of drug-likeness (QED) is 0.767. The van der Waals surface area contributed by atoms with Crippen LogP contribution in [0.3, 0.4) is 0 Å². The van der Waals surface area contributed by atoms with Crippen LogP contribution in [0.25, 0.3) is 10.8 Å². The van der Waals surface area contributed by atoms with Gasteiger partial charge in [-0.2, -0.15) is 0 Å². The second-order valence-corrected chi connectivity index (χ2v) is 5.50. The Morgan fingerprint density at radius 2 is 1.70 bits per heavy atom. The first-order valence-corrected chi connectivity index (χ1v) is 7.61. The highest BCUT2D eigenvalue weighted by molar-refractivity contribution is 6.11. The van der Waals surface area contributed by atoms with Crippen molar-refractivity contribution in [2.45, 2.75) is 32.6 Å². The lowest BCUT2D eigenvalue weighted by atomic mass is 9.97. The minimum atomic E-state index is 0.228. The minimum absolute atomic E-state index is 0.228. The van der Waals surface area contributed by atoms with E-state index in [0.717, 1.165) is 24.0 Å². The number of carbonyl (C=O) groups excluding carboxylic acids is 1. The van der Waals surface area contributed by atoms with Crippen molar-refractivity contribution in [1.82, 2.24) is 0 Å². The van der Waals surface area contributed by atoms with E-state index in [0.29, 0.717) is 6.42 Å². The summed E-state index contributed by atoms with van der Waals surface area (Å²) in [6.45, 7) is 4.19. The summed E-state index contributed by atoms with van der Waals surface area (Å²) >= 11 is 0. The van der Waals surface area contributed by atoms with Gasteiger partial charge in [-0.25, -0.2) is 0 Å². The third-order valence-corrected chi connectivity index (χ3v) is 4.22. The predicted molar refractivity (Wildman–Crippen MR) is 84.6 cm³/mol. The molecule has 2 aromatic rings. The average molecular weight is 267 g/mol. The molecule has 1 heterocycles. The van der Waals surface area contributed by atoms with Gasteiger partial charge in [0.25, 0.3) is 0 Å². The Hall–Kier alpha value is -1.83. The zero-order valence-electron chi connectivity index (χ0n) is 12.1. The number of fused-ring (bicyclic) bond motifs is 1. The molecule has 20 heavy (non-hydrogen) atoms. The molecule has 0 atom stereocenters.